The van der Waals surface area contributed by atoms with Crippen molar-refractivity contribution in [3.8, 4) is 5.75 Å². The Kier molecular flexibility index (Phi) is 5.52. The van der Waals surface area contributed by atoms with E-state index >= 15 is 0 Å². The van der Waals surface area contributed by atoms with Crippen LogP contribution in [0.3, 0.4) is 0 Å². The largest absolute Gasteiger partial charge is 0.481 e. The van der Waals surface area contributed by atoms with Crippen molar-refractivity contribution in [1.29, 1.82) is 0 Å². The molecule has 6 heteroatoms. The second-order valence-electron chi connectivity index (χ2n) is 5.49. The maximum atomic E-state index is 12.0. The van der Waals surface area contributed by atoms with Gasteiger partial charge in [-0.15, -0.1) is 0 Å². The monoisotopic (exact) mass is 329 g/mol. The molecule has 0 radical (unpaired) electrons. The van der Waals surface area contributed by atoms with Crippen molar-refractivity contribution in [3.05, 3.63) is 69.3 Å². The molecule has 6 nitrogen and oxygen atoms in total. The zero-order valence-electron chi connectivity index (χ0n) is 13.8. The van der Waals surface area contributed by atoms with Crippen LogP contribution in [0.5, 0.6) is 5.75 Å². The summed E-state index contributed by atoms with van der Waals surface area (Å²) in [5.41, 5.74) is 2.40. The first-order chi connectivity index (χ1) is 11.4. The molecule has 0 saturated heterocycles. The van der Waals surface area contributed by atoms with E-state index in [1.807, 2.05) is 32.0 Å². The number of benzene rings is 2. The van der Waals surface area contributed by atoms with Gasteiger partial charge in [0.05, 0.1) is 4.92 Å². The number of rotatable bonds is 6. The van der Waals surface area contributed by atoms with Gasteiger partial charge in [0, 0.05) is 12.1 Å². The molecule has 0 aliphatic heterocycles. The molecule has 0 aromatic heterocycles. The number of para-hydroxylation sites is 1. The Hall–Kier alpha value is -2.89. The van der Waals surface area contributed by atoms with Crippen molar-refractivity contribution in [2.75, 3.05) is 6.61 Å². The topological polar surface area (TPSA) is 78.7 Å². The van der Waals surface area contributed by atoms with Crippen molar-refractivity contribution in [2.24, 2.45) is 0 Å². The molecule has 0 N–H and O–H groups in total. The number of ether oxygens (including phenoxy) is 2. The zero-order chi connectivity index (χ0) is 17.7. The Bertz CT molecular complexity index is 737. The number of nitro groups is 1. The summed E-state index contributed by atoms with van der Waals surface area (Å²) in [5, 5.41) is 10.8. The average Bonchev–Trinajstić information content (AvgIpc) is 2.54. The molecule has 2 rings (SSSR count). The van der Waals surface area contributed by atoms with Crippen LogP contribution in [0.15, 0.2) is 42.5 Å². The quantitative estimate of drug-likeness (QED) is 0.456. The Morgan fingerprint density at radius 3 is 2.42 bits per heavy atom. The molecular formula is C18H19NO5. The predicted molar refractivity (Wildman–Crippen MR) is 89.0 cm³/mol. The third-order valence-corrected chi connectivity index (χ3v) is 3.60. The van der Waals surface area contributed by atoms with Crippen molar-refractivity contribution in [1.82, 2.24) is 0 Å². The summed E-state index contributed by atoms with van der Waals surface area (Å²) in [6.07, 6.45) is -0.598. The van der Waals surface area contributed by atoms with E-state index in [1.165, 1.54) is 12.1 Å². The standard InChI is InChI=1S/C18H19NO5/c1-12-6-4-7-13(2)18(12)23-11-17(20)24-14(3)15-8-5-9-16(10-15)19(21)22/h4-10,14H,11H2,1-3H3/t14-/m1/s1. The number of nitrogens with zero attached hydrogens (tertiary/aromatic N) is 1. The highest BCUT2D eigenvalue weighted by Crippen LogP contribution is 2.24. The fourth-order valence-electron chi connectivity index (χ4n) is 2.35. The van der Waals surface area contributed by atoms with Gasteiger partial charge in [0.25, 0.3) is 5.69 Å². The highest BCUT2D eigenvalue weighted by atomic mass is 16.6. The molecule has 0 spiro atoms. The summed E-state index contributed by atoms with van der Waals surface area (Å²) < 4.78 is 10.8. The van der Waals surface area contributed by atoms with E-state index in [2.05, 4.69) is 0 Å². The number of carbonyl (C=O) groups is 1. The molecule has 24 heavy (non-hydrogen) atoms. The van der Waals surface area contributed by atoms with Crippen LogP contribution in [0.25, 0.3) is 0 Å². The van der Waals surface area contributed by atoms with Crippen LogP contribution in [-0.4, -0.2) is 17.5 Å². The smallest absolute Gasteiger partial charge is 0.344 e. The minimum absolute atomic E-state index is 0.0396. The lowest BCUT2D eigenvalue weighted by Gasteiger charge is -2.15. The minimum atomic E-state index is -0.598. The van der Waals surface area contributed by atoms with Crippen LogP contribution in [0.4, 0.5) is 5.69 Å². The van der Waals surface area contributed by atoms with Gasteiger partial charge in [-0.1, -0.05) is 30.3 Å². The fraction of sp³-hybridized carbons (Fsp3) is 0.278. The molecule has 0 bridgehead atoms. The fourth-order valence-corrected chi connectivity index (χ4v) is 2.35. The van der Waals surface area contributed by atoms with Gasteiger partial charge in [-0.3, -0.25) is 10.1 Å². The molecule has 2 aromatic carbocycles. The van der Waals surface area contributed by atoms with Crippen molar-refractivity contribution in [2.45, 2.75) is 26.9 Å². The van der Waals surface area contributed by atoms with Crippen molar-refractivity contribution < 1.29 is 19.2 Å². The number of aryl methyl sites for hydroxylation is 2. The van der Waals surface area contributed by atoms with Crippen LogP contribution in [0.2, 0.25) is 0 Å². The Labute approximate surface area is 140 Å². The number of carbonyl (C=O) groups excluding carboxylic acids is 1. The molecule has 2 aromatic rings. The van der Waals surface area contributed by atoms with E-state index in [0.29, 0.717) is 11.3 Å². The van der Waals surface area contributed by atoms with Gasteiger partial charge in [0.2, 0.25) is 0 Å². The summed E-state index contributed by atoms with van der Waals surface area (Å²) >= 11 is 0. The molecule has 0 fully saturated rings. The van der Waals surface area contributed by atoms with Gasteiger partial charge in [0.1, 0.15) is 11.9 Å². The average molecular weight is 329 g/mol. The summed E-state index contributed by atoms with van der Waals surface area (Å²) in [7, 11) is 0. The van der Waals surface area contributed by atoms with Crippen molar-refractivity contribution >= 4 is 11.7 Å². The SMILES string of the molecule is Cc1cccc(C)c1OCC(=O)O[C@H](C)c1cccc([N+](=O)[O-])c1. The van der Waals surface area contributed by atoms with Gasteiger partial charge >= 0.3 is 5.97 Å². The lowest BCUT2D eigenvalue weighted by atomic mass is 10.1. The van der Waals surface area contributed by atoms with Gasteiger partial charge in [-0.2, -0.15) is 0 Å². The van der Waals surface area contributed by atoms with Crippen LogP contribution in [0.1, 0.15) is 29.7 Å². The maximum absolute atomic E-state index is 12.0. The number of esters is 1. The van der Waals surface area contributed by atoms with Gasteiger partial charge in [-0.25, -0.2) is 4.79 Å². The number of hydrogen-bond donors (Lipinski definition) is 0. The summed E-state index contributed by atoms with van der Waals surface area (Å²) in [4.78, 5) is 22.3. The van der Waals surface area contributed by atoms with Crippen LogP contribution in [-0.2, 0) is 9.53 Å². The van der Waals surface area contributed by atoms with Crippen LogP contribution >= 0.6 is 0 Å². The number of nitro benzene ring substituents is 1. The van der Waals surface area contributed by atoms with E-state index in [-0.39, 0.29) is 12.3 Å². The first-order valence-corrected chi connectivity index (χ1v) is 7.51. The first-order valence-electron chi connectivity index (χ1n) is 7.51. The highest BCUT2D eigenvalue weighted by molar-refractivity contribution is 5.71. The van der Waals surface area contributed by atoms with Gasteiger partial charge in [-0.05, 0) is 37.5 Å². The Morgan fingerprint density at radius 2 is 1.79 bits per heavy atom. The van der Waals surface area contributed by atoms with E-state index < -0.39 is 17.0 Å². The third kappa shape index (κ3) is 4.32. The molecule has 1 atom stereocenters. The summed E-state index contributed by atoms with van der Waals surface area (Å²) in [6, 6.07) is 11.7. The normalized spacial score (nSPS) is 11.6. The van der Waals surface area contributed by atoms with E-state index in [4.69, 9.17) is 9.47 Å². The molecule has 0 aliphatic carbocycles. The lowest BCUT2D eigenvalue weighted by Crippen LogP contribution is -2.17. The van der Waals surface area contributed by atoms with Gasteiger partial charge in [0.15, 0.2) is 6.61 Å². The molecule has 126 valence electrons. The molecule has 0 aliphatic rings. The zero-order valence-corrected chi connectivity index (χ0v) is 13.8. The third-order valence-electron chi connectivity index (χ3n) is 3.60. The van der Waals surface area contributed by atoms with Crippen molar-refractivity contribution in [3.63, 3.8) is 0 Å². The molecule has 0 heterocycles. The predicted octanol–water partition coefficient (Wildman–Crippen LogP) is 3.89. The first kappa shape index (κ1) is 17.5. The molecule has 0 saturated carbocycles. The number of non-ortho nitro benzene ring substituents is 1. The number of hydrogen-bond acceptors (Lipinski definition) is 5. The highest BCUT2D eigenvalue weighted by Gasteiger charge is 2.16. The summed E-state index contributed by atoms with van der Waals surface area (Å²) in [6.45, 7) is 5.25. The van der Waals surface area contributed by atoms with E-state index in [1.54, 1.807) is 19.1 Å². The molecule has 0 unspecified atom stereocenters. The lowest BCUT2D eigenvalue weighted by molar-refractivity contribution is -0.385. The minimum Gasteiger partial charge on any atom is -0.481 e. The van der Waals surface area contributed by atoms with E-state index in [9.17, 15) is 14.9 Å². The Balaban J connectivity index is 1.97. The van der Waals surface area contributed by atoms with E-state index in [0.717, 1.165) is 11.1 Å². The second kappa shape index (κ2) is 7.59. The summed E-state index contributed by atoms with van der Waals surface area (Å²) in [5.74, 6) is 0.133. The maximum Gasteiger partial charge on any atom is 0.344 e. The second-order valence-corrected chi connectivity index (χ2v) is 5.49. The molecular weight excluding hydrogens is 310 g/mol. The van der Waals surface area contributed by atoms with Crippen LogP contribution in [0, 0.1) is 24.0 Å². The molecule has 0 amide bonds. The Morgan fingerprint density at radius 1 is 1.17 bits per heavy atom. The van der Waals surface area contributed by atoms with Crippen LogP contribution < -0.4 is 4.74 Å². The van der Waals surface area contributed by atoms with Gasteiger partial charge < -0.3 is 9.47 Å².